The first-order valence-corrected chi connectivity index (χ1v) is 11.8. The van der Waals surface area contributed by atoms with Crippen molar-refractivity contribution >= 4 is 27.6 Å². The van der Waals surface area contributed by atoms with Gasteiger partial charge < -0.3 is 14.8 Å². The van der Waals surface area contributed by atoms with Crippen LogP contribution in [-0.4, -0.2) is 56.5 Å². The molecule has 172 valence electrons. The zero-order chi connectivity index (χ0) is 23.5. The minimum atomic E-state index is -3.80. The smallest absolute Gasteiger partial charge is 0.338 e. The second-order valence-corrected chi connectivity index (χ2v) is 10.0. The van der Waals surface area contributed by atoms with Gasteiger partial charge in [0.25, 0.3) is 5.91 Å². The fourth-order valence-corrected chi connectivity index (χ4v) is 5.35. The zero-order valence-electron chi connectivity index (χ0n) is 18.6. The summed E-state index contributed by atoms with van der Waals surface area (Å²) in [6.45, 7) is 7.45. The number of esters is 1. The van der Waals surface area contributed by atoms with Crippen molar-refractivity contribution in [2.75, 3.05) is 25.0 Å². The van der Waals surface area contributed by atoms with Crippen LogP contribution in [0.25, 0.3) is 0 Å². The Morgan fingerprint density at radius 1 is 1.06 bits per heavy atom. The van der Waals surface area contributed by atoms with Crippen LogP contribution in [0.15, 0.2) is 47.4 Å². The maximum absolute atomic E-state index is 13.0. The van der Waals surface area contributed by atoms with Gasteiger partial charge in [0.05, 0.1) is 22.7 Å². The Kier molecular flexibility index (Phi) is 7.33. The molecule has 1 fully saturated rings. The third kappa shape index (κ3) is 5.93. The van der Waals surface area contributed by atoms with E-state index in [0.29, 0.717) is 5.69 Å². The Bertz CT molecular complexity index is 1080. The van der Waals surface area contributed by atoms with Crippen LogP contribution in [0.2, 0.25) is 0 Å². The number of nitrogens with one attached hydrogen (secondary N) is 1. The summed E-state index contributed by atoms with van der Waals surface area (Å²) < 4.78 is 38.1. The molecule has 2 atom stereocenters. The number of hydrogen-bond donors (Lipinski definition) is 1. The van der Waals surface area contributed by atoms with Crippen LogP contribution in [0.3, 0.4) is 0 Å². The summed E-state index contributed by atoms with van der Waals surface area (Å²) in [5, 5.41) is 2.69. The maximum atomic E-state index is 13.0. The average Bonchev–Trinajstić information content (AvgIpc) is 2.70. The van der Waals surface area contributed by atoms with Crippen LogP contribution in [0.5, 0.6) is 0 Å². The number of anilines is 1. The first-order valence-electron chi connectivity index (χ1n) is 10.4. The lowest BCUT2D eigenvalue weighted by molar-refractivity contribution is -0.119. The van der Waals surface area contributed by atoms with Crippen LogP contribution in [-0.2, 0) is 24.3 Å². The van der Waals surface area contributed by atoms with Crippen molar-refractivity contribution in [2.45, 2.75) is 44.8 Å². The van der Waals surface area contributed by atoms with Gasteiger partial charge >= 0.3 is 5.97 Å². The summed E-state index contributed by atoms with van der Waals surface area (Å²) in [5.41, 5.74) is 2.67. The third-order valence-corrected chi connectivity index (χ3v) is 6.76. The average molecular weight is 461 g/mol. The molecule has 8 nitrogen and oxygen atoms in total. The van der Waals surface area contributed by atoms with E-state index in [2.05, 4.69) is 5.32 Å². The summed E-state index contributed by atoms with van der Waals surface area (Å²) >= 11 is 0. The molecule has 1 N–H and O–H groups in total. The predicted molar refractivity (Wildman–Crippen MR) is 120 cm³/mol. The lowest BCUT2D eigenvalue weighted by atomic mass is 10.1. The van der Waals surface area contributed by atoms with E-state index in [9.17, 15) is 18.0 Å². The van der Waals surface area contributed by atoms with Crippen molar-refractivity contribution in [1.29, 1.82) is 0 Å². The highest BCUT2D eigenvalue weighted by Crippen LogP contribution is 2.22. The van der Waals surface area contributed by atoms with Gasteiger partial charge in [-0.3, -0.25) is 4.79 Å². The summed E-state index contributed by atoms with van der Waals surface area (Å²) in [5.74, 6) is -1.26. The molecule has 1 amide bonds. The summed E-state index contributed by atoms with van der Waals surface area (Å²) in [6, 6.07) is 11.2. The van der Waals surface area contributed by atoms with Gasteiger partial charge in [0.1, 0.15) is 0 Å². The van der Waals surface area contributed by atoms with Crippen LogP contribution in [0.1, 0.15) is 35.3 Å². The van der Waals surface area contributed by atoms with E-state index < -0.39 is 28.5 Å². The molecule has 2 aromatic rings. The van der Waals surface area contributed by atoms with Gasteiger partial charge in [-0.15, -0.1) is 0 Å². The molecule has 3 rings (SSSR count). The van der Waals surface area contributed by atoms with E-state index in [1.165, 1.54) is 28.6 Å². The van der Waals surface area contributed by atoms with E-state index in [1.54, 1.807) is 0 Å². The zero-order valence-corrected chi connectivity index (χ0v) is 19.4. The Morgan fingerprint density at radius 3 is 2.31 bits per heavy atom. The second-order valence-electron chi connectivity index (χ2n) is 8.11. The molecular weight excluding hydrogens is 432 g/mol. The fraction of sp³-hybridized carbons (Fsp3) is 0.391. The Balaban J connectivity index is 1.65. The number of benzene rings is 2. The number of aryl methyl sites for hydroxylation is 2. The topological polar surface area (TPSA) is 102 Å². The molecule has 1 aliphatic rings. The minimum Gasteiger partial charge on any atom is -0.452 e. The number of hydrogen-bond acceptors (Lipinski definition) is 6. The molecule has 2 aromatic carbocycles. The maximum Gasteiger partial charge on any atom is 0.338 e. The molecule has 0 spiro atoms. The molecule has 0 radical (unpaired) electrons. The van der Waals surface area contributed by atoms with Crippen molar-refractivity contribution in [3.05, 3.63) is 59.2 Å². The minimum absolute atomic E-state index is 0.00654. The van der Waals surface area contributed by atoms with Crippen molar-refractivity contribution in [2.24, 2.45) is 0 Å². The van der Waals surface area contributed by atoms with Gasteiger partial charge in [-0.1, -0.05) is 12.1 Å². The molecule has 9 heteroatoms. The largest absolute Gasteiger partial charge is 0.452 e. The van der Waals surface area contributed by atoms with E-state index in [1.807, 2.05) is 45.9 Å². The van der Waals surface area contributed by atoms with Gasteiger partial charge in [-0.05, 0) is 69.2 Å². The normalized spacial score (nSPS) is 19.4. The SMILES string of the molecule is Cc1cc(C)cc(NC(=O)COC(=O)c2cccc(S(=O)(=O)N3CC(C)OC(C)C3)c2)c1. The highest BCUT2D eigenvalue weighted by Gasteiger charge is 2.32. The number of carbonyl (C=O) groups excluding carboxylic acids is 2. The van der Waals surface area contributed by atoms with E-state index in [-0.39, 0.29) is 35.8 Å². The number of nitrogens with zero attached hydrogens (tertiary/aromatic N) is 1. The molecule has 0 bridgehead atoms. The standard InChI is InChI=1S/C23H28N2O6S/c1-15-8-16(2)10-20(9-15)24-22(26)14-30-23(27)19-6-5-7-21(11-19)32(28,29)25-12-17(3)31-18(4)13-25/h5-11,17-18H,12-14H2,1-4H3,(H,24,26). The summed E-state index contributed by atoms with van der Waals surface area (Å²) in [7, 11) is -3.80. The summed E-state index contributed by atoms with van der Waals surface area (Å²) in [4.78, 5) is 24.6. The van der Waals surface area contributed by atoms with Crippen LogP contribution in [0, 0.1) is 13.8 Å². The molecule has 1 aliphatic heterocycles. The van der Waals surface area contributed by atoms with Gasteiger partial charge in [0.2, 0.25) is 10.0 Å². The first kappa shape index (κ1) is 23.9. The van der Waals surface area contributed by atoms with E-state index in [0.717, 1.165) is 11.1 Å². The second kappa shape index (κ2) is 9.81. The monoisotopic (exact) mass is 460 g/mol. The van der Waals surface area contributed by atoms with Crippen molar-refractivity contribution in [3.63, 3.8) is 0 Å². The quantitative estimate of drug-likeness (QED) is 0.665. The fourth-order valence-electron chi connectivity index (χ4n) is 3.72. The molecule has 32 heavy (non-hydrogen) atoms. The number of sulfonamides is 1. The molecular formula is C23H28N2O6S. The molecule has 2 unspecified atom stereocenters. The summed E-state index contributed by atoms with van der Waals surface area (Å²) in [6.07, 6.45) is -0.449. The molecule has 1 heterocycles. The van der Waals surface area contributed by atoms with Crippen molar-refractivity contribution in [3.8, 4) is 0 Å². The Morgan fingerprint density at radius 2 is 1.69 bits per heavy atom. The third-order valence-electron chi connectivity index (χ3n) is 4.93. The highest BCUT2D eigenvalue weighted by molar-refractivity contribution is 7.89. The van der Waals surface area contributed by atoms with Gasteiger partial charge in [-0.25, -0.2) is 13.2 Å². The molecule has 0 aromatic heterocycles. The number of rotatable bonds is 6. The van der Waals surface area contributed by atoms with E-state index >= 15 is 0 Å². The number of amides is 1. The van der Waals surface area contributed by atoms with Gasteiger partial charge in [-0.2, -0.15) is 4.31 Å². The number of morpholine rings is 1. The van der Waals surface area contributed by atoms with Gasteiger partial charge in [0.15, 0.2) is 6.61 Å². The van der Waals surface area contributed by atoms with Crippen LogP contribution < -0.4 is 5.32 Å². The first-order chi connectivity index (χ1) is 15.0. The highest BCUT2D eigenvalue weighted by atomic mass is 32.2. The van der Waals surface area contributed by atoms with Crippen LogP contribution >= 0.6 is 0 Å². The lowest BCUT2D eigenvalue weighted by Crippen LogP contribution is -2.48. The van der Waals surface area contributed by atoms with Gasteiger partial charge in [0, 0.05) is 18.8 Å². The Labute approximate surface area is 188 Å². The Hall–Kier alpha value is -2.75. The molecule has 0 saturated carbocycles. The number of ether oxygens (including phenoxy) is 2. The molecule has 0 aliphatic carbocycles. The van der Waals surface area contributed by atoms with Crippen LogP contribution in [0.4, 0.5) is 5.69 Å². The molecule has 1 saturated heterocycles. The predicted octanol–water partition coefficient (Wildman–Crippen LogP) is 2.90. The lowest BCUT2D eigenvalue weighted by Gasteiger charge is -2.34. The van der Waals surface area contributed by atoms with Crippen molar-refractivity contribution in [1.82, 2.24) is 4.31 Å². The number of carbonyl (C=O) groups is 2. The van der Waals surface area contributed by atoms with Crippen molar-refractivity contribution < 1.29 is 27.5 Å². The van der Waals surface area contributed by atoms with E-state index in [4.69, 9.17) is 9.47 Å².